The van der Waals surface area contributed by atoms with Gasteiger partial charge in [-0.1, -0.05) is 13.0 Å². The van der Waals surface area contributed by atoms with Crippen LogP contribution in [-0.2, 0) is 0 Å². The van der Waals surface area contributed by atoms with Crippen LogP contribution in [0.1, 0.15) is 32.6 Å². The Morgan fingerprint density at radius 1 is 1.00 bits per heavy atom. The normalized spacial score (nSPS) is 23.2. The van der Waals surface area contributed by atoms with Crippen molar-refractivity contribution in [1.82, 2.24) is 19.9 Å². The van der Waals surface area contributed by atoms with Crippen LogP contribution in [-0.4, -0.2) is 40.1 Å². The molecule has 2 N–H and O–H groups in total. The maximum Gasteiger partial charge on any atom is 0.164 e. The Kier molecular flexibility index (Phi) is 5.62. The number of pyridine rings is 1. The van der Waals surface area contributed by atoms with E-state index >= 15 is 0 Å². The molecule has 0 amide bonds. The monoisotopic (exact) mass is 488 g/mol. The molecule has 36 heavy (non-hydrogen) atoms. The van der Waals surface area contributed by atoms with Crippen LogP contribution in [0.5, 0.6) is 0 Å². The quantitative estimate of drug-likeness (QED) is 0.347. The minimum atomic E-state index is -0.425. The molecule has 1 aromatic carbocycles. The molecule has 6 nitrogen and oxygen atoms in total. The van der Waals surface area contributed by atoms with E-state index in [-0.39, 0.29) is 5.82 Å². The van der Waals surface area contributed by atoms with E-state index in [1.54, 1.807) is 17.2 Å². The van der Waals surface area contributed by atoms with Crippen molar-refractivity contribution in [2.75, 3.05) is 24.3 Å². The molecule has 2 unspecified atom stereocenters. The third-order valence-electron chi connectivity index (χ3n) is 8.14. The van der Waals surface area contributed by atoms with Crippen molar-refractivity contribution >= 4 is 22.5 Å². The zero-order chi connectivity index (χ0) is 25.0. The fraction of sp³-hybridized carbons (Fsp3) is 0.393. The van der Waals surface area contributed by atoms with Gasteiger partial charge in [-0.2, -0.15) is 0 Å². The smallest absolute Gasteiger partial charge is 0.164 e. The molecule has 2 bridgehead atoms. The molecule has 0 saturated heterocycles. The Morgan fingerprint density at radius 2 is 1.78 bits per heavy atom. The fourth-order valence-electron chi connectivity index (χ4n) is 6.15. The van der Waals surface area contributed by atoms with Crippen molar-refractivity contribution < 1.29 is 8.78 Å². The van der Waals surface area contributed by atoms with E-state index in [4.69, 9.17) is 9.97 Å². The second-order valence-electron chi connectivity index (χ2n) is 10.5. The lowest BCUT2D eigenvalue weighted by molar-refractivity contribution is 0.0928. The van der Waals surface area contributed by atoms with Gasteiger partial charge in [-0.3, -0.25) is 0 Å². The highest BCUT2D eigenvalue weighted by atomic mass is 19.1. The Balaban J connectivity index is 1.46. The van der Waals surface area contributed by atoms with Crippen molar-refractivity contribution in [3.63, 3.8) is 0 Å². The van der Waals surface area contributed by atoms with E-state index in [2.05, 4.69) is 22.2 Å². The number of H-pyrrole nitrogens is 1. The molecule has 0 radical (unpaired) electrons. The molecule has 3 fully saturated rings. The minimum Gasteiger partial charge on any atom is -0.375 e. The van der Waals surface area contributed by atoms with Gasteiger partial charge in [0.05, 0.1) is 17.6 Å². The molecule has 4 aromatic rings. The number of nitrogens with zero attached hydrogens (tertiary/aromatic N) is 4. The summed E-state index contributed by atoms with van der Waals surface area (Å²) in [6.07, 6.45) is 8.01. The van der Waals surface area contributed by atoms with Gasteiger partial charge in [0.2, 0.25) is 0 Å². The van der Waals surface area contributed by atoms with Gasteiger partial charge in [-0.05, 0) is 61.6 Å². The number of rotatable bonds is 5. The number of nitrogens with one attached hydrogen (secondary N) is 2. The minimum absolute atomic E-state index is 0.316. The predicted molar refractivity (Wildman–Crippen MR) is 139 cm³/mol. The molecule has 7 rings (SSSR count). The molecular weight excluding hydrogens is 458 g/mol. The second kappa shape index (κ2) is 8.84. The summed E-state index contributed by atoms with van der Waals surface area (Å²) in [6, 6.07) is 8.81. The van der Waals surface area contributed by atoms with Gasteiger partial charge in [-0.25, -0.2) is 23.7 Å². The first-order valence-corrected chi connectivity index (χ1v) is 12.6. The number of aromatic amines is 1. The number of benzene rings is 1. The largest absolute Gasteiger partial charge is 0.375 e. The van der Waals surface area contributed by atoms with E-state index in [0.29, 0.717) is 63.1 Å². The van der Waals surface area contributed by atoms with Gasteiger partial charge in [0.25, 0.3) is 0 Å². The summed E-state index contributed by atoms with van der Waals surface area (Å²) in [4.78, 5) is 18.6. The molecule has 3 aliphatic rings. The summed E-state index contributed by atoms with van der Waals surface area (Å²) in [5.41, 5.74) is 3.00. The van der Waals surface area contributed by atoms with Gasteiger partial charge < -0.3 is 15.2 Å². The highest BCUT2D eigenvalue weighted by Gasteiger charge is 2.41. The van der Waals surface area contributed by atoms with Gasteiger partial charge in [0.15, 0.2) is 5.82 Å². The maximum absolute atomic E-state index is 14.9. The standard InChI is InChI=1S/C28H30F2N6/c1-15-16-4-6-17(7-5-16)26(15)34-25-12-23(18-8-9-24(36(2)3)22(30)10-18)33-28(35-25)21-14-32-27-20(21)11-19(29)13-31-27/h8-17,26H,4-7H2,1-3H3,(H,31,32)(H,33,34,35). The first kappa shape index (κ1) is 22.9. The van der Waals surface area contributed by atoms with Crippen LogP contribution >= 0.6 is 0 Å². The molecule has 2 atom stereocenters. The fourth-order valence-corrected chi connectivity index (χ4v) is 6.15. The van der Waals surface area contributed by atoms with Crippen LogP contribution in [0, 0.1) is 29.4 Å². The summed E-state index contributed by atoms with van der Waals surface area (Å²) in [5.74, 6) is 2.32. The molecule has 186 valence electrons. The maximum atomic E-state index is 14.9. The first-order chi connectivity index (χ1) is 17.4. The number of aromatic nitrogens is 4. The Hall–Kier alpha value is -3.55. The third-order valence-corrected chi connectivity index (χ3v) is 8.14. The molecule has 0 spiro atoms. The van der Waals surface area contributed by atoms with Gasteiger partial charge >= 0.3 is 0 Å². The zero-order valence-electron chi connectivity index (χ0n) is 20.7. The number of fused-ring (bicyclic) bond motifs is 4. The van der Waals surface area contributed by atoms with Crippen molar-refractivity contribution in [2.24, 2.45) is 17.8 Å². The third kappa shape index (κ3) is 3.98. The highest BCUT2D eigenvalue weighted by Crippen LogP contribution is 2.46. The van der Waals surface area contributed by atoms with Crippen molar-refractivity contribution in [2.45, 2.75) is 38.6 Å². The summed E-state index contributed by atoms with van der Waals surface area (Å²) in [5, 5.41) is 4.33. The number of hydrogen-bond acceptors (Lipinski definition) is 5. The zero-order valence-corrected chi connectivity index (χ0v) is 20.7. The van der Waals surface area contributed by atoms with E-state index < -0.39 is 5.82 Å². The number of halogens is 2. The van der Waals surface area contributed by atoms with E-state index in [1.165, 1.54) is 44.0 Å². The van der Waals surface area contributed by atoms with E-state index in [0.717, 1.165) is 5.92 Å². The molecule has 3 aromatic heterocycles. The number of anilines is 2. The van der Waals surface area contributed by atoms with Crippen molar-refractivity contribution in [3.8, 4) is 22.6 Å². The van der Waals surface area contributed by atoms with Crippen LogP contribution in [0.15, 0.2) is 42.7 Å². The topological polar surface area (TPSA) is 69.7 Å². The Bertz CT molecular complexity index is 1420. The highest BCUT2D eigenvalue weighted by molar-refractivity contribution is 5.92. The van der Waals surface area contributed by atoms with Crippen LogP contribution in [0.4, 0.5) is 20.3 Å². The van der Waals surface area contributed by atoms with E-state index in [1.807, 2.05) is 26.2 Å². The summed E-state index contributed by atoms with van der Waals surface area (Å²) >= 11 is 0. The van der Waals surface area contributed by atoms with Crippen LogP contribution in [0.2, 0.25) is 0 Å². The van der Waals surface area contributed by atoms with E-state index in [9.17, 15) is 8.78 Å². The average Bonchev–Trinajstić information content (AvgIpc) is 3.29. The Labute approximate surface area is 209 Å². The number of hydrogen-bond donors (Lipinski definition) is 2. The summed E-state index contributed by atoms with van der Waals surface area (Å²) in [7, 11) is 3.62. The second-order valence-corrected chi connectivity index (χ2v) is 10.5. The molecular formula is C28H30F2N6. The van der Waals surface area contributed by atoms with Gasteiger partial charge in [0, 0.05) is 48.9 Å². The van der Waals surface area contributed by atoms with Crippen LogP contribution in [0.25, 0.3) is 33.7 Å². The average molecular weight is 489 g/mol. The predicted octanol–water partition coefficient (Wildman–Crippen LogP) is 6.27. The molecule has 8 heteroatoms. The first-order valence-electron chi connectivity index (χ1n) is 12.6. The summed E-state index contributed by atoms with van der Waals surface area (Å²) < 4.78 is 28.9. The lowest BCUT2D eigenvalue weighted by Crippen LogP contribution is -2.47. The molecule has 3 heterocycles. The lowest BCUT2D eigenvalue weighted by Gasteiger charge is -2.47. The van der Waals surface area contributed by atoms with Crippen LogP contribution in [0.3, 0.4) is 0 Å². The lowest BCUT2D eigenvalue weighted by atomic mass is 9.62. The Morgan fingerprint density at radius 3 is 2.50 bits per heavy atom. The molecule has 3 aliphatic carbocycles. The van der Waals surface area contributed by atoms with Crippen molar-refractivity contribution in [3.05, 3.63) is 54.4 Å². The van der Waals surface area contributed by atoms with Crippen LogP contribution < -0.4 is 10.2 Å². The van der Waals surface area contributed by atoms with Crippen molar-refractivity contribution in [1.29, 1.82) is 0 Å². The molecule has 3 saturated carbocycles. The SMILES string of the molecule is CC1C2CCC(CC2)C1Nc1cc(-c2ccc(N(C)C)c(F)c2)nc(-c2c[nH]c3ncc(F)cc23)n1. The van der Waals surface area contributed by atoms with Gasteiger partial charge in [0.1, 0.15) is 23.1 Å². The van der Waals surface area contributed by atoms with Gasteiger partial charge in [-0.15, -0.1) is 0 Å². The molecule has 0 aliphatic heterocycles. The summed E-state index contributed by atoms with van der Waals surface area (Å²) in [6.45, 7) is 2.33.